The van der Waals surface area contributed by atoms with E-state index in [1.54, 1.807) is 18.4 Å². The van der Waals surface area contributed by atoms with E-state index >= 15 is 0 Å². The number of hydrogen-bond donors (Lipinski definition) is 1. The van der Waals surface area contributed by atoms with Crippen molar-refractivity contribution in [2.75, 3.05) is 33.1 Å². The molecule has 0 amide bonds. The van der Waals surface area contributed by atoms with Crippen molar-refractivity contribution < 1.29 is 14.3 Å². The van der Waals surface area contributed by atoms with E-state index in [1.807, 2.05) is 16.0 Å². The molecule has 0 saturated heterocycles. The summed E-state index contributed by atoms with van der Waals surface area (Å²) in [6.45, 7) is 2.12. The molecule has 8 heteroatoms. The number of nitrogens with zero attached hydrogens (tertiary/aromatic N) is 2. The van der Waals surface area contributed by atoms with Gasteiger partial charge in [-0.25, -0.2) is 4.98 Å². The lowest BCUT2D eigenvalue weighted by Gasteiger charge is -2.05. The molecule has 1 N–H and O–H groups in total. The molecular formula is C12H17N3O3S2. The van der Waals surface area contributed by atoms with Crippen molar-refractivity contribution in [2.24, 2.45) is 0 Å². The van der Waals surface area contributed by atoms with Gasteiger partial charge in [0.05, 0.1) is 25.2 Å². The number of imidazole rings is 1. The molecule has 2 aromatic heterocycles. The van der Waals surface area contributed by atoms with Crippen LogP contribution >= 0.6 is 23.1 Å². The van der Waals surface area contributed by atoms with Crippen LogP contribution in [0.1, 0.15) is 5.69 Å². The molecule has 2 heterocycles. The maximum Gasteiger partial charge on any atom is 0.316 e. The number of rotatable bonds is 8. The fourth-order valence-electron chi connectivity index (χ4n) is 1.66. The minimum atomic E-state index is -0.246. The highest BCUT2D eigenvalue weighted by atomic mass is 32.2. The number of fused-ring (bicyclic) bond motifs is 1. The molecule has 0 aliphatic carbocycles. The van der Waals surface area contributed by atoms with E-state index in [-0.39, 0.29) is 11.7 Å². The minimum Gasteiger partial charge on any atom is -0.468 e. The lowest BCUT2D eigenvalue weighted by atomic mass is 10.4. The van der Waals surface area contributed by atoms with E-state index in [0.717, 1.165) is 22.2 Å². The number of thiazole rings is 1. The summed E-state index contributed by atoms with van der Waals surface area (Å²) in [5.41, 5.74) is 1.06. The topological polar surface area (TPSA) is 64.9 Å². The second kappa shape index (κ2) is 7.63. The first-order valence-electron chi connectivity index (χ1n) is 6.10. The fourth-order valence-corrected chi connectivity index (χ4v) is 3.31. The number of hydrogen-bond acceptors (Lipinski definition) is 7. The highest BCUT2D eigenvalue weighted by molar-refractivity contribution is 7.99. The number of carbonyl (C=O) groups is 1. The van der Waals surface area contributed by atoms with Crippen LogP contribution in [0.3, 0.4) is 0 Å². The number of methoxy groups -OCH3 is 2. The highest BCUT2D eigenvalue weighted by Crippen LogP contribution is 2.25. The van der Waals surface area contributed by atoms with Crippen LogP contribution in [0.5, 0.6) is 0 Å². The molecule has 110 valence electrons. The molecule has 0 aliphatic heterocycles. The van der Waals surface area contributed by atoms with Gasteiger partial charge in [0.1, 0.15) is 5.03 Å². The molecule has 20 heavy (non-hydrogen) atoms. The molecule has 2 aromatic rings. The van der Waals surface area contributed by atoms with Crippen molar-refractivity contribution in [3.63, 3.8) is 0 Å². The summed E-state index contributed by atoms with van der Waals surface area (Å²) in [5.74, 6) is 0.0245. The molecule has 0 radical (unpaired) electrons. The van der Waals surface area contributed by atoms with Crippen LogP contribution in [0, 0.1) is 0 Å². The summed E-state index contributed by atoms with van der Waals surface area (Å²) in [7, 11) is 3.07. The van der Waals surface area contributed by atoms with Crippen LogP contribution in [-0.2, 0) is 20.8 Å². The summed E-state index contributed by atoms with van der Waals surface area (Å²) in [5, 5.41) is 6.17. The van der Waals surface area contributed by atoms with Crippen LogP contribution in [0.4, 0.5) is 0 Å². The Labute approximate surface area is 125 Å². The monoisotopic (exact) mass is 315 g/mol. The zero-order valence-corrected chi connectivity index (χ0v) is 13.1. The minimum absolute atomic E-state index is 0.246. The third kappa shape index (κ3) is 3.72. The van der Waals surface area contributed by atoms with Gasteiger partial charge in [0.2, 0.25) is 0 Å². The largest absolute Gasteiger partial charge is 0.468 e. The fraction of sp³-hybridized carbons (Fsp3) is 0.500. The van der Waals surface area contributed by atoms with E-state index in [4.69, 9.17) is 4.74 Å². The third-order valence-corrected chi connectivity index (χ3v) is 4.39. The standard InChI is InChI=1S/C12H17N3O3S2/c1-17-5-3-13-7-9-11(20-8-10(16)18-2)14-12-15(9)4-6-19-12/h4,6,13H,3,5,7-8H2,1-2H3. The summed E-state index contributed by atoms with van der Waals surface area (Å²) in [4.78, 5) is 16.7. The van der Waals surface area contributed by atoms with Crippen LogP contribution in [0.2, 0.25) is 0 Å². The maximum absolute atomic E-state index is 11.2. The van der Waals surface area contributed by atoms with Crippen molar-refractivity contribution in [2.45, 2.75) is 11.6 Å². The summed E-state index contributed by atoms with van der Waals surface area (Å²) >= 11 is 2.98. The number of nitrogens with one attached hydrogen (secondary N) is 1. The molecule has 6 nitrogen and oxygen atoms in total. The molecule has 0 bridgehead atoms. The van der Waals surface area contributed by atoms with Crippen LogP contribution < -0.4 is 5.32 Å². The van der Waals surface area contributed by atoms with Crippen molar-refractivity contribution in [3.8, 4) is 0 Å². The van der Waals surface area contributed by atoms with Gasteiger partial charge in [0, 0.05) is 31.8 Å². The van der Waals surface area contributed by atoms with Gasteiger partial charge in [-0.15, -0.1) is 11.3 Å². The first-order valence-corrected chi connectivity index (χ1v) is 7.96. The van der Waals surface area contributed by atoms with Gasteiger partial charge in [0.15, 0.2) is 4.96 Å². The van der Waals surface area contributed by atoms with Crippen LogP contribution in [0.15, 0.2) is 16.6 Å². The average molecular weight is 315 g/mol. The zero-order chi connectivity index (χ0) is 14.4. The molecule has 0 spiro atoms. The van der Waals surface area contributed by atoms with E-state index in [9.17, 15) is 4.79 Å². The SMILES string of the molecule is COCCNCc1c(SCC(=O)OC)nc2sccn12. The quantitative estimate of drug-likeness (QED) is 0.451. The Kier molecular flexibility index (Phi) is 5.84. The highest BCUT2D eigenvalue weighted by Gasteiger charge is 2.14. The Balaban J connectivity index is 2.07. The summed E-state index contributed by atoms with van der Waals surface area (Å²) in [6, 6.07) is 0. The van der Waals surface area contributed by atoms with E-state index < -0.39 is 0 Å². The first-order chi connectivity index (χ1) is 9.76. The number of esters is 1. The molecule has 0 unspecified atom stereocenters. The van der Waals surface area contributed by atoms with Gasteiger partial charge < -0.3 is 14.8 Å². The maximum atomic E-state index is 11.2. The van der Waals surface area contributed by atoms with Crippen LogP contribution in [-0.4, -0.2) is 48.5 Å². The third-order valence-electron chi connectivity index (χ3n) is 2.65. The number of aromatic nitrogens is 2. The molecule has 0 atom stereocenters. The predicted octanol–water partition coefficient (Wildman–Crippen LogP) is 1.40. The van der Waals surface area contributed by atoms with Gasteiger partial charge in [-0.1, -0.05) is 11.8 Å². The van der Waals surface area contributed by atoms with Crippen molar-refractivity contribution in [3.05, 3.63) is 17.3 Å². The molecule has 0 saturated carbocycles. The second-order valence-electron chi connectivity index (χ2n) is 3.95. The van der Waals surface area contributed by atoms with Gasteiger partial charge in [0.25, 0.3) is 0 Å². The summed E-state index contributed by atoms with van der Waals surface area (Å²) in [6.07, 6.45) is 1.99. The Morgan fingerprint density at radius 1 is 1.55 bits per heavy atom. The first kappa shape index (κ1) is 15.3. The molecule has 0 aliphatic rings. The Morgan fingerprint density at radius 3 is 3.15 bits per heavy atom. The predicted molar refractivity (Wildman–Crippen MR) is 79.4 cm³/mol. The normalized spacial score (nSPS) is 11.1. The average Bonchev–Trinajstić information content (AvgIpc) is 3.02. The number of ether oxygens (including phenoxy) is 2. The summed E-state index contributed by atoms with van der Waals surface area (Å²) < 4.78 is 11.7. The number of thioether (sulfide) groups is 1. The van der Waals surface area contributed by atoms with Crippen molar-refractivity contribution in [1.82, 2.24) is 14.7 Å². The molecule has 0 fully saturated rings. The Morgan fingerprint density at radius 2 is 2.40 bits per heavy atom. The zero-order valence-electron chi connectivity index (χ0n) is 11.4. The molecular weight excluding hydrogens is 298 g/mol. The van der Waals surface area contributed by atoms with Crippen molar-refractivity contribution in [1.29, 1.82) is 0 Å². The van der Waals surface area contributed by atoms with Crippen molar-refractivity contribution >= 4 is 34.0 Å². The molecule has 0 aromatic carbocycles. The Bertz CT molecular complexity index is 567. The van der Waals surface area contributed by atoms with Crippen LogP contribution in [0.25, 0.3) is 4.96 Å². The smallest absolute Gasteiger partial charge is 0.316 e. The second-order valence-corrected chi connectivity index (χ2v) is 5.79. The van der Waals surface area contributed by atoms with E-state index in [0.29, 0.717) is 13.2 Å². The van der Waals surface area contributed by atoms with Gasteiger partial charge in [-0.3, -0.25) is 9.20 Å². The van der Waals surface area contributed by atoms with Gasteiger partial charge >= 0.3 is 5.97 Å². The van der Waals surface area contributed by atoms with Gasteiger partial charge in [-0.2, -0.15) is 0 Å². The van der Waals surface area contributed by atoms with E-state index in [1.165, 1.54) is 18.9 Å². The Hall–Kier alpha value is -1.09. The lowest BCUT2D eigenvalue weighted by molar-refractivity contribution is -0.137. The molecule has 2 rings (SSSR count). The van der Waals surface area contributed by atoms with E-state index in [2.05, 4.69) is 15.0 Å². The van der Waals surface area contributed by atoms with Gasteiger partial charge in [-0.05, 0) is 0 Å². The number of carbonyl (C=O) groups excluding carboxylic acids is 1. The lowest BCUT2D eigenvalue weighted by Crippen LogP contribution is -2.19.